The fourth-order valence-electron chi connectivity index (χ4n) is 4.60. The van der Waals surface area contributed by atoms with Crippen molar-refractivity contribution in [2.75, 3.05) is 18.1 Å². The van der Waals surface area contributed by atoms with Crippen molar-refractivity contribution in [3.8, 4) is 5.75 Å². The molecule has 1 atom stereocenters. The molecule has 0 aliphatic carbocycles. The average molecular weight is 460 g/mol. The van der Waals surface area contributed by atoms with E-state index in [4.69, 9.17) is 21.3 Å². The minimum atomic E-state index is 0.0155. The summed E-state index contributed by atoms with van der Waals surface area (Å²) in [6.45, 7) is 5.93. The number of para-hydroxylation sites is 2. The Morgan fingerprint density at radius 2 is 1.85 bits per heavy atom. The molecule has 5 nitrogen and oxygen atoms in total. The SMILES string of the molecule is Cc1ccc(OCCn2c([C@H]3CC(=O)N(c4ccc(Cl)cc4)C3)nc3ccccc32)c(C)c1. The van der Waals surface area contributed by atoms with Crippen LogP contribution in [0.25, 0.3) is 11.0 Å². The van der Waals surface area contributed by atoms with Crippen LogP contribution in [0.3, 0.4) is 0 Å². The van der Waals surface area contributed by atoms with Crippen molar-refractivity contribution < 1.29 is 9.53 Å². The molecule has 6 heteroatoms. The third-order valence-electron chi connectivity index (χ3n) is 6.22. The van der Waals surface area contributed by atoms with Crippen LogP contribution in [0, 0.1) is 13.8 Å². The van der Waals surface area contributed by atoms with Gasteiger partial charge in [-0.3, -0.25) is 4.79 Å². The van der Waals surface area contributed by atoms with E-state index in [0.717, 1.165) is 33.9 Å². The first-order chi connectivity index (χ1) is 16.0. The lowest BCUT2D eigenvalue weighted by Crippen LogP contribution is -2.24. The molecule has 1 aliphatic heterocycles. The number of hydrogen-bond acceptors (Lipinski definition) is 3. The van der Waals surface area contributed by atoms with Crippen LogP contribution in [0.5, 0.6) is 5.75 Å². The number of fused-ring (bicyclic) bond motifs is 1. The summed E-state index contributed by atoms with van der Waals surface area (Å²) < 4.78 is 8.33. The van der Waals surface area contributed by atoms with Crippen LogP contribution in [0.2, 0.25) is 5.02 Å². The maximum Gasteiger partial charge on any atom is 0.227 e. The van der Waals surface area contributed by atoms with E-state index < -0.39 is 0 Å². The molecule has 4 aromatic rings. The number of halogens is 1. The fourth-order valence-corrected chi connectivity index (χ4v) is 4.73. The van der Waals surface area contributed by atoms with Gasteiger partial charge in [0, 0.05) is 29.6 Å². The first kappa shape index (κ1) is 21.5. The van der Waals surface area contributed by atoms with E-state index in [1.54, 1.807) is 0 Å². The van der Waals surface area contributed by atoms with Crippen molar-refractivity contribution in [1.82, 2.24) is 9.55 Å². The van der Waals surface area contributed by atoms with E-state index in [0.29, 0.717) is 31.1 Å². The Hall–Kier alpha value is -3.31. The van der Waals surface area contributed by atoms with Gasteiger partial charge in [-0.15, -0.1) is 0 Å². The second-order valence-corrected chi connectivity index (χ2v) is 9.05. The highest BCUT2D eigenvalue weighted by Gasteiger charge is 2.34. The highest BCUT2D eigenvalue weighted by molar-refractivity contribution is 6.30. The maximum absolute atomic E-state index is 12.9. The van der Waals surface area contributed by atoms with Gasteiger partial charge in [-0.1, -0.05) is 41.4 Å². The number of aryl methyl sites for hydroxylation is 2. The minimum absolute atomic E-state index is 0.0155. The lowest BCUT2D eigenvalue weighted by Gasteiger charge is -2.18. The number of rotatable bonds is 6. The highest BCUT2D eigenvalue weighted by atomic mass is 35.5. The van der Waals surface area contributed by atoms with Crippen molar-refractivity contribution in [2.45, 2.75) is 32.7 Å². The largest absolute Gasteiger partial charge is 0.491 e. The molecular weight excluding hydrogens is 434 g/mol. The van der Waals surface area contributed by atoms with Crippen LogP contribution in [0.4, 0.5) is 5.69 Å². The lowest BCUT2D eigenvalue weighted by molar-refractivity contribution is -0.117. The van der Waals surface area contributed by atoms with Gasteiger partial charge in [-0.05, 0) is 61.9 Å². The highest BCUT2D eigenvalue weighted by Crippen LogP contribution is 2.33. The van der Waals surface area contributed by atoms with Gasteiger partial charge in [0.1, 0.15) is 18.2 Å². The Labute approximate surface area is 198 Å². The first-order valence-electron chi connectivity index (χ1n) is 11.2. The normalized spacial score (nSPS) is 16.0. The molecule has 5 rings (SSSR count). The Balaban J connectivity index is 1.40. The average Bonchev–Trinajstić information content (AvgIpc) is 3.36. The molecule has 1 amide bonds. The Bertz CT molecular complexity index is 1310. The topological polar surface area (TPSA) is 47.4 Å². The molecular formula is C27H26ClN3O2. The quantitative estimate of drug-likeness (QED) is 0.360. The second kappa shape index (κ2) is 8.91. The summed E-state index contributed by atoms with van der Waals surface area (Å²) in [7, 11) is 0. The molecule has 0 radical (unpaired) electrons. The second-order valence-electron chi connectivity index (χ2n) is 8.61. The first-order valence-corrected chi connectivity index (χ1v) is 11.6. The summed E-state index contributed by atoms with van der Waals surface area (Å²) in [5.74, 6) is 1.95. The number of benzene rings is 3. The molecule has 1 aromatic heterocycles. The molecule has 2 heterocycles. The van der Waals surface area contributed by atoms with E-state index in [2.05, 4.69) is 36.6 Å². The van der Waals surface area contributed by atoms with E-state index in [1.807, 2.05) is 53.4 Å². The van der Waals surface area contributed by atoms with Gasteiger partial charge < -0.3 is 14.2 Å². The number of carbonyl (C=O) groups is 1. The Kier molecular flexibility index (Phi) is 5.81. The molecule has 0 bridgehead atoms. The standard InChI is InChI=1S/C27H26ClN3O2/c1-18-7-12-25(19(2)15-18)33-14-13-30-24-6-4-3-5-23(24)29-27(30)20-16-26(32)31(17-20)22-10-8-21(28)9-11-22/h3-12,15,20H,13-14,16-17H2,1-2H3/t20-/m0/s1. The molecule has 168 valence electrons. The number of imidazole rings is 1. The monoisotopic (exact) mass is 459 g/mol. The van der Waals surface area contributed by atoms with E-state index >= 15 is 0 Å². The predicted octanol–water partition coefficient (Wildman–Crippen LogP) is 5.91. The van der Waals surface area contributed by atoms with Gasteiger partial charge >= 0.3 is 0 Å². The third kappa shape index (κ3) is 4.33. The number of aromatic nitrogens is 2. The molecule has 1 aliphatic rings. The lowest BCUT2D eigenvalue weighted by atomic mass is 10.1. The predicted molar refractivity (Wildman–Crippen MR) is 132 cm³/mol. The van der Waals surface area contributed by atoms with Gasteiger partial charge in [-0.2, -0.15) is 0 Å². The summed E-state index contributed by atoms with van der Waals surface area (Å²) >= 11 is 6.03. The number of hydrogen-bond donors (Lipinski definition) is 0. The number of ether oxygens (including phenoxy) is 1. The van der Waals surface area contributed by atoms with E-state index in [1.165, 1.54) is 5.56 Å². The molecule has 3 aromatic carbocycles. The molecule has 1 fully saturated rings. The molecule has 1 saturated heterocycles. The molecule has 33 heavy (non-hydrogen) atoms. The van der Waals surface area contributed by atoms with Crippen molar-refractivity contribution >= 4 is 34.2 Å². The minimum Gasteiger partial charge on any atom is -0.491 e. The zero-order valence-electron chi connectivity index (χ0n) is 18.8. The summed E-state index contributed by atoms with van der Waals surface area (Å²) in [6, 6.07) is 21.8. The van der Waals surface area contributed by atoms with Crippen LogP contribution in [-0.4, -0.2) is 28.6 Å². The van der Waals surface area contributed by atoms with Gasteiger partial charge in [0.15, 0.2) is 0 Å². The number of anilines is 1. The zero-order valence-corrected chi connectivity index (χ0v) is 19.5. The summed E-state index contributed by atoms with van der Waals surface area (Å²) in [5.41, 5.74) is 5.22. The van der Waals surface area contributed by atoms with Gasteiger partial charge in [0.25, 0.3) is 0 Å². The van der Waals surface area contributed by atoms with Crippen LogP contribution in [-0.2, 0) is 11.3 Å². The van der Waals surface area contributed by atoms with Crippen molar-refractivity contribution in [1.29, 1.82) is 0 Å². The smallest absolute Gasteiger partial charge is 0.227 e. The van der Waals surface area contributed by atoms with Crippen LogP contribution >= 0.6 is 11.6 Å². The van der Waals surface area contributed by atoms with Gasteiger partial charge in [0.2, 0.25) is 5.91 Å². The summed E-state index contributed by atoms with van der Waals surface area (Å²) in [4.78, 5) is 19.6. The van der Waals surface area contributed by atoms with Crippen LogP contribution < -0.4 is 9.64 Å². The number of amides is 1. The summed E-state index contributed by atoms with van der Waals surface area (Å²) in [5, 5.41) is 0.660. The van der Waals surface area contributed by atoms with E-state index in [9.17, 15) is 4.79 Å². The van der Waals surface area contributed by atoms with E-state index in [-0.39, 0.29) is 11.8 Å². The third-order valence-corrected chi connectivity index (χ3v) is 6.47. The fraction of sp³-hybridized carbons (Fsp3) is 0.259. The van der Waals surface area contributed by atoms with Crippen molar-refractivity contribution in [3.63, 3.8) is 0 Å². The zero-order chi connectivity index (χ0) is 22.9. The van der Waals surface area contributed by atoms with Crippen molar-refractivity contribution in [2.24, 2.45) is 0 Å². The number of carbonyl (C=O) groups excluding carboxylic acids is 1. The maximum atomic E-state index is 12.9. The number of nitrogens with zero attached hydrogens (tertiary/aromatic N) is 3. The van der Waals surface area contributed by atoms with Crippen LogP contribution in [0.15, 0.2) is 66.7 Å². The molecule has 0 spiro atoms. The summed E-state index contributed by atoms with van der Waals surface area (Å²) in [6.07, 6.45) is 0.434. The molecule has 0 unspecified atom stereocenters. The van der Waals surface area contributed by atoms with Crippen LogP contribution in [0.1, 0.15) is 29.3 Å². The molecule has 0 N–H and O–H groups in total. The Morgan fingerprint density at radius 1 is 1.06 bits per heavy atom. The van der Waals surface area contributed by atoms with Gasteiger partial charge in [-0.25, -0.2) is 4.98 Å². The van der Waals surface area contributed by atoms with Gasteiger partial charge in [0.05, 0.1) is 17.6 Å². The van der Waals surface area contributed by atoms with Crippen molar-refractivity contribution in [3.05, 3.63) is 88.7 Å². The molecule has 0 saturated carbocycles. The Morgan fingerprint density at radius 3 is 2.64 bits per heavy atom.